The molecular weight excluding hydrogens is 245 g/mol. The molecule has 1 N–H and O–H groups in total. The molecule has 1 aromatic rings. The third kappa shape index (κ3) is 2.96. The summed E-state index contributed by atoms with van der Waals surface area (Å²) in [4.78, 5) is 10.9. The van der Waals surface area contributed by atoms with E-state index in [9.17, 15) is 18.0 Å². The molecule has 3 nitrogen and oxygen atoms in total. The van der Waals surface area contributed by atoms with Crippen molar-refractivity contribution in [1.29, 1.82) is 0 Å². The lowest BCUT2D eigenvalue weighted by atomic mass is 10.3. The second kappa shape index (κ2) is 4.84. The summed E-state index contributed by atoms with van der Waals surface area (Å²) in [7, 11) is 0. The summed E-state index contributed by atoms with van der Waals surface area (Å²) < 4.78 is 41.0. The minimum Gasteiger partial charge on any atom is -0.462 e. The molecule has 0 spiro atoms. The molecule has 90 valence electrons. The van der Waals surface area contributed by atoms with Crippen LogP contribution in [0.1, 0.15) is 27.6 Å². The van der Waals surface area contributed by atoms with Crippen molar-refractivity contribution in [3.63, 3.8) is 0 Å². The summed E-state index contributed by atoms with van der Waals surface area (Å²) in [5.41, 5.74) is 0. The molecule has 0 amide bonds. The summed E-state index contributed by atoms with van der Waals surface area (Å²) in [6, 6.07) is 2.27. The van der Waals surface area contributed by atoms with Crippen molar-refractivity contribution >= 4 is 17.3 Å². The number of thiophene rings is 1. The molecule has 0 bridgehead atoms. The van der Waals surface area contributed by atoms with Crippen molar-refractivity contribution in [3.05, 3.63) is 21.9 Å². The van der Waals surface area contributed by atoms with Gasteiger partial charge in [-0.2, -0.15) is 13.2 Å². The lowest BCUT2D eigenvalue weighted by molar-refractivity contribution is -0.205. The van der Waals surface area contributed by atoms with Crippen molar-refractivity contribution < 1.29 is 27.8 Å². The van der Waals surface area contributed by atoms with E-state index in [-0.39, 0.29) is 16.4 Å². The molecule has 1 aromatic heterocycles. The SMILES string of the molecule is CCOC(=O)c1ccc(C(O)C(F)(F)F)s1. The number of rotatable bonds is 3. The Bertz CT molecular complexity index is 372. The van der Waals surface area contributed by atoms with Crippen LogP contribution in [0.15, 0.2) is 12.1 Å². The highest BCUT2D eigenvalue weighted by atomic mass is 32.1. The number of ether oxygens (including phenoxy) is 1. The average molecular weight is 254 g/mol. The first-order valence-corrected chi connectivity index (χ1v) is 5.19. The normalized spacial score (nSPS) is 13.6. The van der Waals surface area contributed by atoms with Crippen molar-refractivity contribution in [3.8, 4) is 0 Å². The van der Waals surface area contributed by atoms with Gasteiger partial charge in [-0.05, 0) is 19.1 Å². The van der Waals surface area contributed by atoms with Gasteiger partial charge in [-0.25, -0.2) is 4.79 Å². The summed E-state index contributed by atoms with van der Waals surface area (Å²) in [6.45, 7) is 1.74. The maximum atomic E-state index is 12.1. The van der Waals surface area contributed by atoms with Crippen LogP contribution in [0.4, 0.5) is 13.2 Å². The highest BCUT2D eigenvalue weighted by molar-refractivity contribution is 7.14. The maximum absolute atomic E-state index is 12.1. The summed E-state index contributed by atoms with van der Waals surface area (Å²) >= 11 is 0.571. The Morgan fingerprint density at radius 2 is 2.19 bits per heavy atom. The molecular formula is C9H9F3O3S. The fraction of sp³-hybridized carbons (Fsp3) is 0.444. The molecule has 1 rings (SSSR count). The van der Waals surface area contributed by atoms with Gasteiger partial charge in [0.25, 0.3) is 0 Å². The van der Waals surface area contributed by atoms with E-state index >= 15 is 0 Å². The Balaban J connectivity index is 2.83. The van der Waals surface area contributed by atoms with Crippen LogP contribution in [-0.2, 0) is 4.74 Å². The number of halogens is 3. The first-order chi connectivity index (χ1) is 7.36. The lowest BCUT2D eigenvalue weighted by Crippen LogP contribution is -2.19. The van der Waals surface area contributed by atoms with Crippen molar-refractivity contribution in [2.75, 3.05) is 6.61 Å². The molecule has 1 unspecified atom stereocenters. The van der Waals surface area contributed by atoms with Crippen molar-refractivity contribution in [2.24, 2.45) is 0 Å². The third-order valence-electron chi connectivity index (χ3n) is 1.68. The topological polar surface area (TPSA) is 46.5 Å². The molecule has 0 aliphatic rings. The summed E-state index contributed by atoms with van der Waals surface area (Å²) in [6.07, 6.45) is -7.28. The fourth-order valence-electron chi connectivity index (χ4n) is 0.973. The zero-order valence-corrected chi connectivity index (χ0v) is 9.06. The number of aliphatic hydroxyl groups is 1. The van der Waals surface area contributed by atoms with Crippen LogP contribution in [0.3, 0.4) is 0 Å². The molecule has 0 aliphatic carbocycles. The van der Waals surface area contributed by atoms with Gasteiger partial charge in [0.2, 0.25) is 0 Å². The monoisotopic (exact) mass is 254 g/mol. The van der Waals surface area contributed by atoms with E-state index < -0.39 is 18.2 Å². The van der Waals surface area contributed by atoms with Gasteiger partial charge >= 0.3 is 12.1 Å². The molecule has 0 fully saturated rings. The van der Waals surface area contributed by atoms with Gasteiger partial charge in [0.1, 0.15) is 4.88 Å². The number of alkyl halides is 3. The van der Waals surface area contributed by atoms with Crippen LogP contribution >= 0.6 is 11.3 Å². The Hall–Kier alpha value is -1.08. The number of carbonyl (C=O) groups is 1. The molecule has 7 heteroatoms. The summed E-state index contributed by atoms with van der Waals surface area (Å²) in [5.74, 6) is -0.687. The van der Waals surface area contributed by atoms with Crippen LogP contribution in [0.2, 0.25) is 0 Å². The molecule has 0 saturated heterocycles. The minimum absolute atomic E-state index is 0.0418. The highest BCUT2D eigenvalue weighted by Crippen LogP contribution is 2.36. The number of aliphatic hydroxyl groups excluding tert-OH is 1. The lowest BCUT2D eigenvalue weighted by Gasteiger charge is -2.11. The first-order valence-electron chi connectivity index (χ1n) is 4.38. The number of carbonyl (C=O) groups excluding carboxylic acids is 1. The molecule has 16 heavy (non-hydrogen) atoms. The van der Waals surface area contributed by atoms with Gasteiger partial charge in [-0.15, -0.1) is 11.3 Å². The quantitative estimate of drug-likeness (QED) is 0.843. The van der Waals surface area contributed by atoms with Gasteiger partial charge in [-0.1, -0.05) is 0 Å². The average Bonchev–Trinajstić information content (AvgIpc) is 2.64. The van der Waals surface area contributed by atoms with E-state index in [0.29, 0.717) is 11.3 Å². The van der Waals surface area contributed by atoms with E-state index in [4.69, 9.17) is 5.11 Å². The zero-order valence-electron chi connectivity index (χ0n) is 8.25. The Kier molecular flexibility index (Phi) is 3.93. The number of hydrogen-bond acceptors (Lipinski definition) is 4. The summed E-state index contributed by atoms with van der Waals surface area (Å²) in [5, 5.41) is 8.92. The van der Waals surface area contributed by atoms with Gasteiger partial charge in [0.15, 0.2) is 6.10 Å². The number of esters is 1. The Morgan fingerprint density at radius 1 is 1.56 bits per heavy atom. The van der Waals surface area contributed by atoms with Gasteiger partial charge < -0.3 is 9.84 Å². The molecule has 0 aromatic carbocycles. The van der Waals surface area contributed by atoms with Crippen LogP contribution in [0.25, 0.3) is 0 Å². The van der Waals surface area contributed by atoms with Crippen molar-refractivity contribution in [2.45, 2.75) is 19.2 Å². The molecule has 1 heterocycles. The van der Waals surface area contributed by atoms with E-state index in [1.54, 1.807) is 6.92 Å². The predicted octanol–water partition coefficient (Wildman–Crippen LogP) is 2.52. The van der Waals surface area contributed by atoms with Crippen molar-refractivity contribution in [1.82, 2.24) is 0 Å². The van der Waals surface area contributed by atoms with Gasteiger partial charge in [0.05, 0.1) is 6.61 Å². The Labute approximate surface area is 93.5 Å². The van der Waals surface area contributed by atoms with Crippen LogP contribution in [0, 0.1) is 0 Å². The second-order valence-corrected chi connectivity index (χ2v) is 3.98. The van der Waals surface area contributed by atoms with Crippen LogP contribution in [-0.4, -0.2) is 23.9 Å². The molecule has 0 saturated carbocycles. The smallest absolute Gasteiger partial charge is 0.419 e. The fourth-order valence-corrected chi connectivity index (χ4v) is 1.89. The second-order valence-electron chi connectivity index (χ2n) is 2.87. The minimum atomic E-state index is -4.73. The first kappa shape index (κ1) is 13.0. The van der Waals surface area contributed by atoms with E-state index in [2.05, 4.69) is 4.74 Å². The highest BCUT2D eigenvalue weighted by Gasteiger charge is 2.40. The maximum Gasteiger partial charge on any atom is 0.419 e. The predicted molar refractivity (Wildman–Crippen MR) is 51.3 cm³/mol. The number of hydrogen-bond donors (Lipinski definition) is 1. The van der Waals surface area contributed by atoms with Crippen LogP contribution < -0.4 is 0 Å². The van der Waals surface area contributed by atoms with Gasteiger partial charge in [-0.3, -0.25) is 0 Å². The Morgan fingerprint density at radius 3 is 2.69 bits per heavy atom. The van der Waals surface area contributed by atoms with E-state index in [1.165, 1.54) is 6.07 Å². The molecule has 0 aliphatic heterocycles. The third-order valence-corrected chi connectivity index (χ3v) is 2.80. The largest absolute Gasteiger partial charge is 0.462 e. The van der Waals surface area contributed by atoms with Gasteiger partial charge in [0, 0.05) is 4.88 Å². The zero-order chi connectivity index (χ0) is 12.3. The standard InChI is InChI=1S/C9H9F3O3S/c1-2-15-8(14)6-4-3-5(16-6)7(13)9(10,11)12/h3-4,7,13H,2H2,1H3. The molecule has 1 atom stereocenters. The van der Waals surface area contributed by atoms with Crippen LogP contribution in [0.5, 0.6) is 0 Å². The van der Waals surface area contributed by atoms with E-state index in [0.717, 1.165) is 6.07 Å². The van der Waals surface area contributed by atoms with E-state index in [1.807, 2.05) is 0 Å². The molecule has 0 radical (unpaired) electrons.